The summed E-state index contributed by atoms with van der Waals surface area (Å²) in [6.45, 7) is 3.57. The van der Waals surface area contributed by atoms with E-state index in [-0.39, 0.29) is 30.3 Å². The molecule has 1 aliphatic heterocycles. The number of nitrogens with zero attached hydrogens (tertiary/aromatic N) is 3. The molecule has 0 aliphatic carbocycles. The number of para-hydroxylation sites is 1. The van der Waals surface area contributed by atoms with E-state index in [1.807, 2.05) is 38.1 Å². The second-order valence-corrected chi connectivity index (χ2v) is 7.71. The summed E-state index contributed by atoms with van der Waals surface area (Å²) >= 11 is 0. The van der Waals surface area contributed by atoms with Crippen LogP contribution in [0.3, 0.4) is 0 Å². The maximum atomic E-state index is 13.4. The van der Waals surface area contributed by atoms with Crippen molar-refractivity contribution in [2.24, 2.45) is 5.10 Å². The van der Waals surface area contributed by atoms with E-state index in [1.54, 1.807) is 26.3 Å². The minimum atomic E-state index is -0.398. The molecule has 3 amide bonds. The first kappa shape index (κ1) is 22.3. The average molecular weight is 426 g/mol. The highest BCUT2D eigenvalue weighted by molar-refractivity contribution is 6.03. The summed E-state index contributed by atoms with van der Waals surface area (Å²) in [5.41, 5.74) is 2.22. The molecule has 164 valence electrons. The number of methoxy groups -OCH3 is 1. The molecule has 2 aromatic rings. The van der Waals surface area contributed by atoms with Crippen LogP contribution >= 0.6 is 0 Å². The summed E-state index contributed by atoms with van der Waals surface area (Å²) in [6, 6.07) is 12.7. The van der Waals surface area contributed by atoms with Crippen LogP contribution in [0.25, 0.3) is 0 Å². The van der Waals surface area contributed by atoms with E-state index in [0.717, 1.165) is 11.1 Å². The predicted molar refractivity (Wildman–Crippen MR) is 116 cm³/mol. The number of halogens is 1. The van der Waals surface area contributed by atoms with Crippen molar-refractivity contribution < 1.29 is 18.7 Å². The Morgan fingerprint density at radius 2 is 1.90 bits per heavy atom. The SMILES string of the molecule is COc1ccccc1C1CC(c2ccc(F)cc2)=NN1C(=O)CN(C)C(=O)NC(C)C. The number of amides is 3. The number of carbonyl (C=O) groups is 2. The van der Waals surface area contributed by atoms with Crippen LogP contribution in [0.5, 0.6) is 5.75 Å². The van der Waals surface area contributed by atoms with Crippen molar-refractivity contribution >= 4 is 17.6 Å². The fourth-order valence-electron chi connectivity index (χ4n) is 3.45. The lowest BCUT2D eigenvalue weighted by atomic mass is 9.97. The number of hydrogen-bond acceptors (Lipinski definition) is 4. The lowest BCUT2D eigenvalue weighted by Crippen LogP contribution is -2.45. The molecule has 1 heterocycles. The van der Waals surface area contributed by atoms with Crippen LogP contribution in [-0.2, 0) is 4.79 Å². The highest BCUT2D eigenvalue weighted by atomic mass is 19.1. The van der Waals surface area contributed by atoms with Gasteiger partial charge in [0.05, 0.1) is 18.9 Å². The number of nitrogens with one attached hydrogen (secondary N) is 1. The van der Waals surface area contributed by atoms with Crippen LogP contribution in [-0.4, -0.2) is 54.3 Å². The topological polar surface area (TPSA) is 74.2 Å². The van der Waals surface area contributed by atoms with E-state index in [1.165, 1.54) is 22.0 Å². The van der Waals surface area contributed by atoms with Crippen LogP contribution in [0, 0.1) is 5.82 Å². The molecule has 0 fully saturated rings. The Morgan fingerprint density at radius 3 is 2.55 bits per heavy atom. The van der Waals surface area contributed by atoms with Crippen LogP contribution in [0.15, 0.2) is 53.6 Å². The second kappa shape index (κ2) is 9.59. The Labute approximate surface area is 181 Å². The van der Waals surface area contributed by atoms with Gasteiger partial charge in [0, 0.05) is 25.1 Å². The highest BCUT2D eigenvalue weighted by Gasteiger charge is 2.35. The molecule has 31 heavy (non-hydrogen) atoms. The highest BCUT2D eigenvalue weighted by Crippen LogP contribution is 2.37. The first-order valence-corrected chi connectivity index (χ1v) is 10.1. The van der Waals surface area contributed by atoms with Crippen molar-refractivity contribution in [2.75, 3.05) is 20.7 Å². The van der Waals surface area contributed by atoms with E-state index < -0.39 is 6.04 Å². The van der Waals surface area contributed by atoms with E-state index in [9.17, 15) is 14.0 Å². The molecule has 0 radical (unpaired) electrons. The Bertz CT molecular complexity index is 975. The molecule has 1 aliphatic rings. The maximum absolute atomic E-state index is 13.4. The van der Waals surface area contributed by atoms with Crippen molar-refractivity contribution in [2.45, 2.75) is 32.4 Å². The standard InChI is InChI=1S/C23H27FN4O3/c1-15(2)25-23(30)27(3)14-22(29)28-20(18-7-5-6-8-21(18)31-4)13-19(26-28)16-9-11-17(24)12-10-16/h5-12,15,20H,13-14H2,1-4H3,(H,25,30). The third-order valence-corrected chi connectivity index (χ3v) is 4.97. The third-order valence-electron chi connectivity index (χ3n) is 4.97. The molecule has 7 nitrogen and oxygen atoms in total. The van der Waals surface area contributed by atoms with Crippen molar-refractivity contribution in [1.29, 1.82) is 0 Å². The molecule has 2 aromatic carbocycles. The number of hydrazone groups is 1. The molecule has 0 spiro atoms. The molecule has 0 saturated carbocycles. The summed E-state index contributed by atoms with van der Waals surface area (Å²) in [4.78, 5) is 26.7. The van der Waals surface area contributed by atoms with E-state index >= 15 is 0 Å². The Kier molecular flexibility index (Phi) is 6.89. The van der Waals surface area contributed by atoms with Gasteiger partial charge in [-0.1, -0.05) is 30.3 Å². The quantitative estimate of drug-likeness (QED) is 0.768. The molecule has 8 heteroatoms. The average Bonchev–Trinajstić information content (AvgIpc) is 3.19. The van der Waals surface area contributed by atoms with E-state index in [2.05, 4.69) is 10.4 Å². The van der Waals surface area contributed by atoms with Gasteiger partial charge in [-0.15, -0.1) is 0 Å². The Morgan fingerprint density at radius 1 is 1.23 bits per heavy atom. The number of rotatable bonds is 6. The lowest BCUT2D eigenvalue weighted by molar-refractivity contribution is -0.133. The zero-order valence-electron chi connectivity index (χ0n) is 18.1. The van der Waals surface area contributed by atoms with Crippen LogP contribution in [0.1, 0.15) is 37.4 Å². The summed E-state index contributed by atoms with van der Waals surface area (Å²) in [7, 11) is 3.14. The van der Waals surface area contributed by atoms with Gasteiger partial charge in [0.1, 0.15) is 18.1 Å². The van der Waals surface area contributed by atoms with Gasteiger partial charge >= 0.3 is 6.03 Å². The van der Waals surface area contributed by atoms with Crippen molar-refractivity contribution in [1.82, 2.24) is 15.2 Å². The summed E-state index contributed by atoms with van der Waals surface area (Å²) in [5.74, 6) is -0.0180. The van der Waals surface area contributed by atoms with Gasteiger partial charge in [-0.3, -0.25) is 4.79 Å². The summed E-state index contributed by atoms with van der Waals surface area (Å²) < 4.78 is 18.9. The Hall–Kier alpha value is -3.42. The van der Waals surface area contributed by atoms with Gasteiger partial charge < -0.3 is 15.0 Å². The normalized spacial score (nSPS) is 15.6. The van der Waals surface area contributed by atoms with Crippen molar-refractivity contribution in [3.8, 4) is 5.75 Å². The van der Waals surface area contributed by atoms with Gasteiger partial charge in [0.15, 0.2) is 0 Å². The maximum Gasteiger partial charge on any atom is 0.317 e. The third kappa shape index (κ3) is 5.20. The van der Waals surface area contributed by atoms with Crippen LogP contribution in [0.4, 0.5) is 9.18 Å². The van der Waals surface area contributed by atoms with Gasteiger partial charge in [-0.2, -0.15) is 5.10 Å². The van der Waals surface area contributed by atoms with Gasteiger partial charge in [0.25, 0.3) is 5.91 Å². The van der Waals surface area contributed by atoms with Gasteiger partial charge in [0.2, 0.25) is 0 Å². The molecule has 0 saturated heterocycles. The number of carbonyl (C=O) groups excluding carboxylic acids is 2. The molecule has 0 aromatic heterocycles. The predicted octanol–water partition coefficient (Wildman–Crippen LogP) is 3.56. The molecule has 1 N–H and O–H groups in total. The molecule has 0 bridgehead atoms. The van der Waals surface area contributed by atoms with Crippen molar-refractivity contribution in [3.63, 3.8) is 0 Å². The number of urea groups is 1. The lowest BCUT2D eigenvalue weighted by Gasteiger charge is -2.26. The Balaban J connectivity index is 1.90. The summed E-state index contributed by atoms with van der Waals surface area (Å²) in [5, 5.41) is 8.72. The minimum absolute atomic E-state index is 0.0405. The first-order chi connectivity index (χ1) is 14.8. The number of likely N-dealkylation sites (N-methyl/N-ethyl adjacent to an activating group) is 1. The van der Waals surface area contributed by atoms with Crippen LogP contribution in [0.2, 0.25) is 0 Å². The molecular weight excluding hydrogens is 399 g/mol. The number of hydrogen-bond donors (Lipinski definition) is 1. The monoisotopic (exact) mass is 426 g/mol. The fourth-order valence-corrected chi connectivity index (χ4v) is 3.45. The smallest absolute Gasteiger partial charge is 0.317 e. The minimum Gasteiger partial charge on any atom is -0.496 e. The molecular formula is C23H27FN4O3. The van der Waals surface area contributed by atoms with E-state index in [4.69, 9.17) is 4.74 Å². The molecule has 1 unspecified atom stereocenters. The summed E-state index contributed by atoms with van der Waals surface area (Å²) in [6.07, 6.45) is 0.444. The van der Waals surface area contributed by atoms with Gasteiger partial charge in [-0.25, -0.2) is 14.2 Å². The van der Waals surface area contributed by atoms with Crippen LogP contribution < -0.4 is 10.1 Å². The first-order valence-electron chi connectivity index (χ1n) is 10.1. The number of benzene rings is 2. The zero-order chi connectivity index (χ0) is 22.5. The molecule has 1 atom stereocenters. The fraction of sp³-hybridized carbons (Fsp3) is 0.348. The second-order valence-electron chi connectivity index (χ2n) is 7.71. The number of ether oxygens (including phenoxy) is 1. The van der Waals surface area contributed by atoms with E-state index in [0.29, 0.717) is 17.9 Å². The molecule has 3 rings (SSSR count). The van der Waals surface area contributed by atoms with Gasteiger partial charge in [-0.05, 0) is 37.6 Å². The largest absolute Gasteiger partial charge is 0.496 e. The van der Waals surface area contributed by atoms with Crippen molar-refractivity contribution in [3.05, 3.63) is 65.5 Å². The zero-order valence-corrected chi connectivity index (χ0v) is 18.1.